The van der Waals surface area contributed by atoms with Gasteiger partial charge in [-0.3, -0.25) is 13.9 Å². The maximum Gasteiger partial charge on any atom is 0.264 e. The summed E-state index contributed by atoms with van der Waals surface area (Å²) in [5.41, 5.74) is 2.55. The monoisotopic (exact) mass is 553 g/mol. The van der Waals surface area contributed by atoms with Crippen LogP contribution in [0.4, 0.5) is 10.1 Å². The molecule has 0 aliphatic rings. The van der Waals surface area contributed by atoms with E-state index in [2.05, 4.69) is 5.32 Å². The number of amides is 2. The van der Waals surface area contributed by atoms with Crippen LogP contribution in [0.1, 0.15) is 43.9 Å². The van der Waals surface area contributed by atoms with E-state index < -0.39 is 34.3 Å². The minimum atomic E-state index is -4.13. The quantitative estimate of drug-likeness (QED) is 0.363. The molecule has 0 aromatic heterocycles. The molecular formula is C30H36FN3O4S. The van der Waals surface area contributed by atoms with Crippen LogP contribution in [0, 0.1) is 19.7 Å². The van der Waals surface area contributed by atoms with Gasteiger partial charge in [0.05, 0.1) is 10.6 Å². The van der Waals surface area contributed by atoms with Crippen LogP contribution in [0.25, 0.3) is 0 Å². The van der Waals surface area contributed by atoms with Gasteiger partial charge in [0.1, 0.15) is 18.4 Å². The van der Waals surface area contributed by atoms with Gasteiger partial charge in [0, 0.05) is 12.6 Å². The van der Waals surface area contributed by atoms with Crippen LogP contribution >= 0.6 is 0 Å². The molecule has 0 aliphatic heterocycles. The molecule has 0 spiro atoms. The van der Waals surface area contributed by atoms with Crippen molar-refractivity contribution in [1.82, 2.24) is 10.2 Å². The highest BCUT2D eigenvalue weighted by Gasteiger charge is 2.33. The Kier molecular flexibility index (Phi) is 9.86. The zero-order valence-electron chi connectivity index (χ0n) is 23.0. The molecule has 3 aromatic rings. The van der Waals surface area contributed by atoms with Gasteiger partial charge in [0.15, 0.2) is 0 Å². The minimum Gasteiger partial charge on any atom is -0.352 e. The van der Waals surface area contributed by atoms with E-state index in [1.165, 1.54) is 41.3 Å². The molecule has 0 radical (unpaired) electrons. The summed E-state index contributed by atoms with van der Waals surface area (Å²) in [6, 6.07) is 18.0. The summed E-state index contributed by atoms with van der Waals surface area (Å²) in [5, 5.41) is 2.89. The Bertz CT molecular complexity index is 1390. The van der Waals surface area contributed by atoms with Gasteiger partial charge in [-0.1, -0.05) is 55.0 Å². The number of nitrogens with zero attached hydrogens (tertiary/aromatic N) is 2. The molecule has 0 bridgehead atoms. The van der Waals surface area contributed by atoms with Gasteiger partial charge in [0.25, 0.3) is 10.0 Å². The summed E-state index contributed by atoms with van der Waals surface area (Å²) in [7, 11) is -4.13. The van der Waals surface area contributed by atoms with Crippen LogP contribution in [-0.4, -0.2) is 43.8 Å². The number of aryl methyl sites for hydroxylation is 2. The topological polar surface area (TPSA) is 86.8 Å². The molecule has 0 aliphatic carbocycles. The maximum atomic E-state index is 13.9. The van der Waals surface area contributed by atoms with Gasteiger partial charge in [-0.2, -0.15) is 0 Å². The summed E-state index contributed by atoms with van der Waals surface area (Å²) >= 11 is 0. The molecule has 0 fully saturated rings. The third-order valence-electron chi connectivity index (χ3n) is 6.71. The second-order valence-corrected chi connectivity index (χ2v) is 11.6. The van der Waals surface area contributed by atoms with E-state index >= 15 is 0 Å². The normalized spacial score (nSPS) is 12.9. The van der Waals surface area contributed by atoms with Gasteiger partial charge < -0.3 is 10.2 Å². The van der Waals surface area contributed by atoms with Crippen molar-refractivity contribution in [1.29, 1.82) is 0 Å². The van der Waals surface area contributed by atoms with E-state index in [-0.39, 0.29) is 23.4 Å². The van der Waals surface area contributed by atoms with Crippen LogP contribution in [0.2, 0.25) is 0 Å². The zero-order valence-corrected chi connectivity index (χ0v) is 23.8. The SMILES string of the molecule is CC[C@H](C)NC(=O)[C@@H](C)N(Cc1ccc(F)cc1)C(=O)CN(c1ccccc1C)S(=O)(=O)c1ccc(C)cc1. The van der Waals surface area contributed by atoms with Gasteiger partial charge >= 0.3 is 0 Å². The molecule has 2 atom stereocenters. The Hall–Kier alpha value is -3.72. The Morgan fingerprint density at radius 2 is 1.54 bits per heavy atom. The van der Waals surface area contributed by atoms with Crippen LogP contribution in [0.15, 0.2) is 77.7 Å². The fraction of sp³-hybridized carbons (Fsp3) is 0.333. The van der Waals surface area contributed by atoms with E-state index in [4.69, 9.17) is 0 Å². The van der Waals surface area contributed by atoms with E-state index in [1.54, 1.807) is 50.2 Å². The number of para-hydroxylation sites is 1. The van der Waals surface area contributed by atoms with Crippen molar-refractivity contribution in [2.45, 2.75) is 64.6 Å². The summed E-state index contributed by atoms with van der Waals surface area (Å²) in [5.74, 6) is -1.34. The van der Waals surface area contributed by atoms with Crippen molar-refractivity contribution in [2.75, 3.05) is 10.8 Å². The first kappa shape index (κ1) is 29.8. The molecule has 3 aromatic carbocycles. The minimum absolute atomic E-state index is 0.000394. The molecule has 208 valence electrons. The zero-order chi connectivity index (χ0) is 28.7. The number of halogens is 1. The fourth-order valence-corrected chi connectivity index (χ4v) is 5.51. The number of carbonyl (C=O) groups is 2. The Balaban J connectivity index is 2.03. The first-order chi connectivity index (χ1) is 18.4. The summed E-state index contributed by atoms with van der Waals surface area (Å²) < 4.78 is 42.4. The smallest absolute Gasteiger partial charge is 0.264 e. The standard InChI is InChI=1S/C30H36FN3O4S/c1-6-23(4)32-30(36)24(5)33(19-25-13-15-26(31)16-14-25)29(35)20-34(28-10-8-7-9-22(28)3)39(37,38)27-17-11-21(2)12-18-27/h7-18,23-24H,6,19-20H2,1-5H3,(H,32,36)/t23-,24+/m0/s1. The molecule has 7 nitrogen and oxygen atoms in total. The van der Waals surface area contributed by atoms with Crippen molar-refractivity contribution in [2.24, 2.45) is 0 Å². The number of nitrogens with one attached hydrogen (secondary N) is 1. The Morgan fingerprint density at radius 1 is 0.923 bits per heavy atom. The Morgan fingerprint density at radius 3 is 2.13 bits per heavy atom. The van der Waals surface area contributed by atoms with E-state index in [0.29, 0.717) is 23.2 Å². The van der Waals surface area contributed by atoms with Crippen LogP contribution in [0.5, 0.6) is 0 Å². The number of hydrogen-bond donors (Lipinski definition) is 1. The molecule has 39 heavy (non-hydrogen) atoms. The third kappa shape index (κ3) is 7.44. The predicted octanol–water partition coefficient (Wildman–Crippen LogP) is 4.97. The molecule has 3 rings (SSSR count). The van der Waals surface area contributed by atoms with Crippen molar-refractivity contribution in [3.05, 3.63) is 95.3 Å². The average molecular weight is 554 g/mol. The number of anilines is 1. The second kappa shape index (κ2) is 12.9. The van der Waals surface area contributed by atoms with E-state index in [1.807, 2.05) is 20.8 Å². The lowest BCUT2D eigenvalue weighted by Crippen LogP contribution is -2.52. The van der Waals surface area contributed by atoms with Gasteiger partial charge in [-0.25, -0.2) is 12.8 Å². The second-order valence-electron chi connectivity index (χ2n) is 9.75. The first-order valence-corrected chi connectivity index (χ1v) is 14.4. The van der Waals surface area contributed by atoms with Crippen molar-refractivity contribution < 1.29 is 22.4 Å². The van der Waals surface area contributed by atoms with Gasteiger partial charge in [-0.05, 0) is 75.6 Å². The van der Waals surface area contributed by atoms with Crippen molar-refractivity contribution in [3.63, 3.8) is 0 Å². The van der Waals surface area contributed by atoms with Crippen LogP contribution < -0.4 is 9.62 Å². The number of sulfonamides is 1. The highest BCUT2D eigenvalue weighted by Crippen LogP contribution is 2.27. The first-order valence-electron chi connectivity index (χ1n) is 12.9. The largest absolute Gasteiger partial charge is 0.352 e. The van der Waals surface area contributed by atoms with E-state index in [9.17, 15) is 22.4 Å². The summed E-state index contributed by atoms with van der Waals surface area (Å²) in [6.07, 6.45) is 0.709. The van der Waals surface area contributed by atoms with Crippen molar-refractivity contribution >= 4 is 27.5 Å². The molecule has 0 saturated heterocycles. The third-order valence-corrected chi connectivity index (χ3v) is 8.48. The van der Waals surface area contributed by atoms with Crippen LogP contribution in [0.3, 0.4) is 0 Å². The average Bonchev–Trinajstić information content (AvgIpc) is 2.91. The van der Waals surface area contributed by atoms with Crippen LogP contribution in [-0.2, 0) is 26.2 Å². The van der Waals surface area contributed by atoms with Gasteiger partial charge in [0.2, 0.25) is 11.8 Å². The summed E-state index contributed by atoms with van der Waals surface area (Å²) in [6.45, 7) is 8.52. The molecule has 0 heterocycles. The molecule has 0 unspecified atom stereocenters. The maximum absolute atomic E-state index is 13.9. The van der Waals surface area contributed by atoms with Gasteiger partial charge in [-0.15, -0.1) is 0 Å². The number of carbonyl (C=O) groups excluding carboxylic acids is 2. The molecule has 2 amide bonds. The van der Waals surface area contributed by atoms with Crippen molar-refractivity contribution in [3.8, 4) is 0 Å². The molecule has 0 saturated carbocycles. The lowest BCUT2D eigenvalue weighted by atomic mass is 10.1. The van der Waals surface area contributed by atoms with E-state index in [0.717, 1.165) is 9.87 Å². The number of rotatable bonds is 11. The lowest BCUT2D eigenvalue weighted by molar-refractivity contribution is -0.139. The predicted molar refractivity (Wildman–Crippen MR) is 151 cm³/mol. The Labute approximate surface area is 230 Å². The molecule has 9 heteroatoms. The lowest BCUT2D eigenvalue weighted by Gasteiger charge is -2.33. The summed E-state index contributed by atoms with van der Waals surface area (Å²) in [4.78, 5) is 28.4. The molecule has 1 N–H and O–H groups in total. The fourth-order valence-electron chi connectivity index (χ4n) is 4.03. The number of hydrogen-bond acceptors (Lipinski definition) is 4. The highest BCUT2D eigenvalue weighted by atomic mass is 32.2. The molecular weight excluding hydrogens is 517 g/mol. The highest BCUT2D eigenvalue weighted by molar-refractivity contribution is 7.92. The number of benzene rings is 3.